The second-order valence-corrected chi connectivity index (χ2v) is 7.78. The van der Waals surface area contributed by atoms with Crippen molar-refractivity contribution in [2.24, 2.45) is 0 Å². The molecule has 2 rings (SSSR count). The summed E-state index contributed by atoms with van der Waals surface area (Å²) in [4.78, 5) is 14.4. The van der Waals surface area contributed by atoms with Gasteiger partial charge in [0.1, 0.15) is 0 Å². The lowest BCUT2D eigenvalue weighted by Crippen LogP contribution is -2.29. The fourth-order valence-electron chi connectivity index (χ4n) is 2.49. The first-order valence-electron chi connectivity index (χ1n) is 8.24. The van der Waals surface area contributed by atoms with Crippen molar-refractivity contribution in [3.8, 4) is 0 Å². The maximum absolute atomic E-state index is 12.8. The number of carbonyl (C=O) groups excluding carboxylic acids is 1. The molecule has 0 aliphatic rings. The molecule has 0 aromatic heterocycles. The Hall–Kier alpha value is -2.22. The van der Waals surface area contributed by atoms with E-state index in [1.807, 2.05) is 30.3 Å². The van der Waals surface area contributed by atoms with Crippen LogP contribution in [0.25, 0.3) is 0 Å². The minimum absolute atomic E-state index is 0.0654. The third-order valence-corrected chi connectivity index (χ3v) is 5.42. The standard InChI is InChI=1S/C19H24N2O4S/c1-15-9-10-17(26(23,24)20-11-12-25-3)13-18(15)19(22)21(2)14-16-7-5-4-6-8-16/h4-10,13,20H,11-12,14H2,1-3H3. The Balaban J connectivity index is 2.21. The fraction of sp³-hybridized carbons (Fsp3) is 0.316. The van der Waals surface area contributed by atoms with Gasteiger partial charge in [0.2, 0.25) is 10.0 Å². The molecule has 140 valence electrons. The van der Waals surface area contributed by atoms with Crippen molar-refractivity contribution in [2.45, 2.75) is 18.4 Å². The maximum atomic E-state index is 12.8. The Kier molecular flexibility index (Phi) is 6.90. The number of hydrogen-bond acceptors (Lipinski definition) is 4. The van der Waals surface area contributed by atoms with Crippen molar-refractivity contribution in [3.63, 3.8) is 0 Å². The van der Waals surface area contributed by atoms with Gasteiger partial charge in [-0.05, 0) is 30.2 Å². The zero-order valence-corrected chi connectivity index (χ0v) is 16.0. The van der Waals surface area contributed by atoms with Gasteiger partial charge in [-0.15, -0.1) is 0 Å². The molecule has 0 fully saturated rings. The highest BCUT2D eigenvalue weighted by Crippen LogP contribution is 2.18. The van der Waals surface area contributed by atoms with Gasteiger partial charge in [0, 0.05) is 32.8 Å². The number of carbonyl (C=O) groups is 1. The monoisotopic (exact) mass is 376 g/mol. The molecule has 0 saturated heterocycles. The molecular weight excluding hydrogens is 352 g/mol. The third-order valence-electron chi connectivity index (χ3n) is 3.96. The van der Waals surface area contributed by atoms with Gasteiger partial charge in [-0.25, -0.2) is 13.1 Å². The van der Waals surface area contributed by atoms with Crippen LogP contribution in [0.4, 0.5) is 0 Å². The van der Waals surface area contributed by atoms with Gasteiger partial charge in [0.05, 0.1) is 11.5 Å². The van der Waals surface area contributed by atoms with E-state index in [-0.39, 0.29) is 24.0 Å². The molecule has 0 radical (unpaired) electrons. The number of hydrogen-bond donors (Lipinski definition) is 1. The van der Waals surface area contributed by atoms with Gasteiger partial charge >= 0.3 is 0 Å². The second kappa shape index (κ2) is 8.93. The van der Waals surface area contributed by atoms with Crippen LogP contribution in [0.15, 0.2) is 53.4 Å². The molecule has 2 aromatic rings. The molecule has 0 aliphatic heterocycles. The van der Waals surface area contributed by atoms with Crippen LogP contribution in [0.5, 0.6) is 0 Å². The van der Waals surface area contributed by atoms with Crippen molar-refractivity contribution < 1.29 is 17.9 Å². The quantitative estimate of drug-likeness (QED) is 0.717. The summed E-state index contributed by atoms with van der Waals surface area (Å²) in [7, 11) is -0.490. The molecule has 0 bridgehead atoms. The van der Waals surface area contributed by atoms with Gasteiger partial charge in [-0.1, -0.05) is 36.4 Å². The molecule has 2 aromatic carbocycles. The first-order valence-corrected chi connectivity index (χ1v) is 9.72. The van der Waals surface area contributed by atoms with E-state index >= 15 is 0 Å². The molecule has 0 aliphatic carbocycles. The number of nitrogens with one attached hydrogen (secondary N) is 1. The van der Waals surface area contributed by atoms with Crippen LogP contribution in [-0.2, 0) is 21.3 Å². The fourth-order valence-corrected chi connectivity index (χ4v) is 3.53. The second-order valence-electron chi connectivity index (χ2n) is 6.01. The summed E-state index contributed by atoms with van der Waals surface area (Å²) < 4.78 is 32.0. The predicted molar refractivity (Wildman–Crippen MR) is 100 cm³/mol. The average Bonchev–Trinajstić information content (AvgIpc) is 2.62. The van der Waals surface area contributed by atoms with Crippen molar-refractivity contribution in [2.75, 3.05) is 27.3 Å². The maximum Gasteiger partial charge on any atom is 0.254 e. The number of amides is 1. The van der Waals surface area contributed by atoms with Crippen LogP contribution in [-0.4, -0.2) is 46.5 Å². The van der Waals surface area contributed by atoms with Crippen LogP contribution < -0.4 is 4.72 Å². The molecule has 0 unspecified atom stereocenters. The van der Waals surface area contributed by atoms with E-state index in [4.69, 9.17) is 4.74 Å². The number of rotatable bonds is 8. The minimum Gasteiger partial charge on any atom is -0.383 e. The molecule has 26 heavy (non-hydrogen) atoms. The lowest BCUT2D eigenvalue weighted by Gasteiger charge is -2.19. The largest absolute Gasteiger partial charge is 0.383 e. The Morgan fingerprint density at radius 3 is 2.50 bits per heavy atom. The highest BCUT2D eigenvalue weighted by molar-refractivity contribution is 7.89. The minimum atomic E-state index is -3.69. The van der Waals surface area contributed by atoms with Crippen LogP contribution in [0.2, 0.25) is 0 Å². The van der Waals surface area contributed by atoms with E-state index in [9.17, 15) is 13.2 Å². The molecule has 7 heteroatoms. The summed E-state index contributed by atoms with van der Waals surface area (Å²) in [6.07, 6.45) is 0. The van der Waals surface area contributed by atoms with E-state index in [2.05, 4.69) is 4.72 Å². The summed E-state index contributed by atoms with van der Waals surface area (Å²) in [5.41, 5.74) is 2.11. The summed E-state index contributed by atoms with van der Waals surface area (Å²) in [5.74, 6) is -0.222. The van der Waals surface area contributed by atoms with Gasteiger partial charge in [0.15, 0.2) is 0 Å². The van der Waals surface area contributed by atoms with Crippen LogP contribution in [0, 0.1) is 6.92 Å². The van der Waals surface area contributed by atoms with Gasteiger partial charge in [0.25, 0.3) is 5.91 Å². The zero-order chi connectivity index (χ0) is 19.2. The van der Waals surface area contributed by atoms with Crippen LogP contribution in [0.1, 0.15) is 21.5 Å². The van der Waals surface area contributed by atoms with E-state index in [1.54, 1.807) is 24.9 Å². The number of nitrogens with zero attached hydrogens (tertiary/aromatic N) is 1. The van der Waals surface area contributed by atoms with Gasteiger partial charge in [-0.3, -0.25) is 4.79 Å². The number of aryl methyl sites for hydroxylation is 1. The Labute approximate surface area is 154 Å². The Morgan fingerprint density at radius 1 is 1.15 bits per heavy atom. The SMILES string of the molecule is COCCNS(=O)(=O)c1ccc(C)c(C(=O)N(C)Cc2ccccc2)c1. The van der Waals surface area contributed by atoms with Crippen molar-refractivity contribution in [1.82, 2.24) is 9.62 Å². The molecule has 1 amide bonds. The molecule has 0 atom stereocenters. The smallest absolute Gasteiger partial charge is 0.254 e. The van der Waals surface area contributed by atoms with E-state index in [0.29, 0.717) is 12.1 Å². The highest BCUT2D eigenvalue weighted by Gasteiger charge is 2.20. The normalized spacial score (nSPS) is 11.3. The summed E-state index contributed by atoms with van der Waals surface area (Å²) in [5, 5.41) is 0. The molecule has 6 nitrogen and oxygen atoms in total. The first kappa shape index (κ1) is 20.1. The summed E-state index contributed by atoms with van der Waals surface area (Å²) >= 11 is 0. The van der Waals surface area contributed by atoms with Crippen LogP contribution >= 0.6 is 0 Å². The Bertz CT molecular complexity index is 851. The molecule has 0 saturated carbocycles. The molecule has 0 spiro atoms. The lowest BCUT2D eigenvalue weighted by atomic mass is 10.1. The number of benzene rings is 2. The number of ether oxygens (including phenoxy) is 1. The van der Waals surface area contributed by atoms with Crippen molar-refractivity contribution in [3.05, 3.63) is 65.2 Å². The van der Waals surface area contributed by atoms with Gasteiger partial charge in [-0.2, -0.15) is 0 Å². The van der Waals surface area contributed by atoms with Gasteiger partial charge < -0.3 is 9.64 Å². The first-order chi connectivity index (χ1) is 12.3. The van der Waals surface area contributed by atoms with Crippen molar-refractivity contribution in [1.29, 1.82) is 0 Å². The molecule has 0 heterocycles. The summed E-state index contributed by atoms with van der Waals surface area (Å²) in [6, 6.07) is 14.2. The van der Waals surface area contributed by atoms with Crippen LogP contribution in [0.3, 0.4) is 0 Å². The zero-order valence-electron chi connectivity index (χ0n) is 15.2. The highest BCUT2D eigenvalue weighted by atomic mass is 32.2. The van der Waals surface area contributed by atoms with Crippen molar-refractivity contribution >= 4 is 15.9 Å². The van der Waals surface area contributed by atoms with E-state index in [0.717, 1.165) is 11.1 Å². The third kappa shape index (κ3) is 5.14. The predicted octanol–water partition coefficient (Wildman–Crippen LogP) is 2.19. The number of methoxy groups -OCH3 is 1. The van der Waals surface area contributed by atoms with E-state index in [1.165, 1.54) is 19.2 Å². The summed E-state index contributed by atoms with van der Waals surface area (Å²) in [6.45, 7) is 2.68. The molecule has 1 N–H and O–H groups in total. The Morgan fingerprint density at radius 2 is 1.85 bits per heavy atom. The topological polar surface area (TPSA) is 75.7 Å². The average molecular weight is 376 g/mol. The molecular formula is C19H24N2O4S. The lowest BCUT2D eigenvalue weighted by molar-refractivity contribution is 0.0784. The van der Waals surface area contributed by atoms with E-state index < -0.39 is 10.0 Å². The number of sulfonamides is 1.